The minimum Gasteiger partial charge on any atom is -0.396 e. The molecular formula is C5H7N. The van der Waals surface area contributed by atoms with Gasteiger partial charge in [0.2, 0.25) is 0 Å². The molecule has 0 unspecified atom stereocenters. The summed E-state index contributed by atoms with van der Waals surface area (Å²) in [5.41, 5.74) is 9.10. The van der Waals surface area contributed by atoms with E-state index in [1.165, 1.54) is 0 Å². The maximum atomic E-state index is 5.31. The van der Waals surface area contributed by atoms with Gasteiger partial charge in [0.15, 0.2) is 0 Å². The van der Waals surface area contributed by atoms with Crippen molar-refractivity contribution in [2.45, 2.75) is 12.8 Å². The van der Waals surface area contributed by atoms with Crippen molar-refractivity contribution in [3.8, 4) is 0 Å². The number of hydrogen-bond donors (Lipinski definition) is 1. The topological polar surface area (TPSA) is 26.0 Å². The van der Waals surface area contributed by atoms with Crippen LogP contribution in [0.5, 0.6) is 0 Å². The molecule has 0 saturated heterocycles. The molecule has 1 aliphatic rings. The minimum absolute atomic E-state index is 0.898. The molecule has 0 radical (unpaired) electrons. The fourth-order valence-electron chi connectivity index (χ4n) is 0.503. The Morgan fingerprint density at radius 1 is 1.83 bits per heavy atom. The van der Waals surface area contributed by atoms with Crippen molar-refractivity contribution >= 4 is 0 Å². The Labute approximate surface area is 37.2 Å². The summed E-state index contributed by atoms with van der Waals surface area (Å²) in [6.07, 6.45) is 4.07. The average Bonchev–Trinajstić information content (AvgIpc) is 1.86. The molecule has 0 aliphatic heterocycles. The summed E-state index contributed by atoms with van der Waals surface area (Å²) in [6, 6.07) is 0. The molecule has 0 saturated carbocycles. The van der Waals surface area contributed by atoms with Crippen LogP contribution < -0.4 is 5.73 Å². The van der Waals surface area contributed by atoms with Gasteiger partial charge in [-0.3, -0.25) is 0 Å². The predicted molar refractivity (Wildman–Crippen MR) is 25.0 cm³/mol. The van der Waals surface area contributed by atoms with E-state index in [4.69, 9.17) is 5.73 Å². The fraction of sp³-hybridized carbons (Fsp3) is 0.400. The van der Waals surface area contributed by atoms with Gasteiger partial charge in [-0.05, 0) is 18.9 Å². The Morgan fingerprint density at radius 2 is 2.67 bits per heavy atom. The first-order valence-corrected chi connectivity index (χ1v) is 2.09. The first-order valence-electron chi connectivity index (χ1n) is 2.09. The third-order valence-corrected chi connectivity index (χ3v) is 0.845. The molecule has 6 heavy (non-hydrogen) atoms. The van der Waals surface area contributed by atoms with E-state index in [1.807, 2.05) is 6.08 Å². The zero-order valence-corrected chi connectivity index (χ0v) is 3.57. The average molecular weight is 81.1 g/mol. The van der Waals surface area contributed by atoms with Gasteiger partial charge in [0.1, 0.15) is 0 Å². The van der Waals surface area contributed by atoms with Gasteiger partial charge in [-0.1, -0.05) is 0 Å². The second-order valence-corrected chi connectivity index (χ2v) is 1.41. The molecule has 2 N–H and O–H groups in total. The summed E-state index contributed by atoms with van der Waals surface area (Å²) in [7, 11) is 0. The Morgan fingerprint density at radius 3 is 2.83 bits per heavy atom. The molecule has 0 aromatic carbocycles. The second-order valence-electron chi connectivity index (χ2n) is 1.41. The van der Waals surface area contributed by atoms with Gasteiger partial charge in [-0.25, -0.2) is 0 Å². The first kappa shape index (κ1) is 3.51. The van der Waals surface area contributed by atoms with Crippen molar-refractivity contribution in [3.05, 3.63) is 17.5 Å². The summed E-state index contributed by atoms with van der Waals surface area (Å²) >= 11 is 0. The summed E-state index contributed by atoms with van der Waals surface area (Å²) in [6.45, 7) is 0. The van der Waals surface area contributed by atoms with Crippen LogP contribution in [0, 0.1) is 0 Å². The molecule has 1 rings (SSSR count). The van der Waals surface area contributed by atoms with Crippen LogP contribution >= 0.6 is 0 Å². The summed E-state index contributed by atoms with van der Waals surface area (Å²) in [4.78, 5) is 0. The van der Waals surface area contributed by atoms with Gasteiger partial charge in [-0.2, -0.15) is 0 Å². The number of hydrogen-bond acceptors (Lipinski definition) is 1. The number of allylic oxidation sites excluding steroid dienone is 1. The van der Waals surface area contributed by atoms with Crippen LogP contribution in [0.25, 0.3) is 0 Å². The highest BCUT2D eigenvalue weighted by atomic mass is 14.6. The summed E-state index contributed by atoms with van der Waals surface area (Å²) in [5, 5.41) is 0. The lowest BCUT2D eigenvalue weighted by Crippen LogP contribution is -1.89. The lowest BCUT2D eigenvalue weighted by Gasteiger charge is -1.80. The van der Waals surface area contributed by atoms with Crippen LogP contribution in [-0.4, -0.2) is 0 Å². The largest absolute Gasteiger partial charge is 0.396 e. The standard InChI is InChI=1S/C5H7N/c6-5-3-1-2-4-5/h1H,2,4,6H2. The van der Waals surface area contributed by atoms with Crippen LogP contribution in [0.1, 0.15) is 12.8 Å². The lowest BCUT2D eigenvalue weighted by atomic mass is 10.3. The van der Waals surface area contributed by atoms with E-state index in [9.17, 15) is 0 Å². The Kier molecular flexibility index (Phi) is 0.697. The highest BCUT2D eigenvalue weighted by Gasteiger charge is 1.89. The van der Waals surface area contributed by atoms with E-state index in [2.05, 4.69) is 5.73 Å². The van der Waals surface area contributed by atoms with Gasteiger partial charge < -0.3 is 5.73 Å². The second kappa shape index (κ2) is 1.19. The smallest absolute Gasteiger partial charge is 0.0511 e. The third-order valence-electron chi connectivity index (χ3n) is 0.845. The Bertz CT molecular complexity index is 107. The van der Waals surface area contributed by atoms with Crippen molar-refractivity contribution in [1.29, 1.82) is 0 Å². The fourth-order valence-corrected chi connectivity index (χ4v) is 0.503. The molecule has 1 heteroatoms. The molecule has 32 valence electrons. The Hall–Kier alpha value is -0.680. The van der Waals surface area contributed by atoms with Crippen molar-refractivity contribution in [3.63, 3.8) is 0 Å². The highest BCUT2D eigenvalue weighted by Crippen LogP contribution is 2.02. The summed E-state index contributed by atoms with van der Waals surface area (Å²) < 4.78 is 0. The van der Waals surface area contributed by atoms with Crippen LogP contribution in [0.2, 0.25) is 0 Å². The monoisotopic (exact) mass is 81.1 g/mol. The predicted octanol–water partition coefficient (Wildman–Crippen LogP) is 0.778. The van der Waals surface area contributed by atoms with Crippen molar-refractivity contribution < 1.29 is 0 Å². The van der Waals surface area contributed by atoms with E-state index in [0.717, 1.165) is 18.5 Å². The van der Waals surface area contributed by atoms with E-state index in [-0.39, 0.29) is 0 Å². The summed E-state index contributed by atoms with van der Waals surface area (Å²) in [5.74, 6) is 0. The van der Waals surface area contributed by atoms with Crippen LogP contribution in [0.4, 0.5) is 0 Å². The van der Waals surface area contributed by atoms with E-state index in [0.29, 0.717) is 0 Å². The van der Waals surface area contributed by atoms with Crippen LogP contribution in [0.3, 0.4) is 0 Å². The van der Waals surface area contributed by atoms with E-state index < -0.39 is 0 Å². The molecule has 0 fully saturated rings. The normalized spacial score (nSPS) is 18.3. The molecule has 0 amide bonds. The zero-order chi connectivity index (χ0) is 4.41. The van der Waals surface area contributed by atoms with Gasteiger partial charge in [-0.15, -0.1) is 5.73 Å². The SMILES string of the molecule is NC1=C=CCC1. The van der Waals surface area contributed by atoms with Gasteiger partial charge in [0.25, 0.3) is 0 Å². The van der Waals surface area contributed by atoms with Gasteiger partial charge in [0, 0.05) is 0 Å². The van der Waals surface area contributed by atoms with Crippen LogP contribution in [-0.2, 0) is 0 Å². The van der Waals surface area contributed by atoms with Crippen LogP contribution in [0.15, 0.2) is 17.5 Å². The maximum Gasteiger partial charge on any atom is 0.0511 e. The first-order chi connectivity index (χ1) is 2.89. The molecule has 0 atom stereocenters. The molecule has 0 aromatic rings. The quantitative estimate of drug-likeness (QED) is 0.428. The molecule has 1 nitrogen and oxygen atoms in total. The molecule has 0 spiro atoms. The van der Waals surface area contributed by atoms with E-state index in [1.54, 1.807) is 0 Å². The molecule has 0 heterocycles. The van der Waals surface area contributed by atoms with Crippen molar-refractivity contribution in [2.24, 2.45) is 5.73 Å². The molecule has 0 aromatic heterocycles. The molecule has 0 bridgehead atoms. The minimum atomic E-state index is 0.898. The van der Waals surface area contributed by atoms with Crippen molar-refractivity contribution in [1.82, 2.24) is 0 Å². The third kappa shape index (κ3) is 0.447. The number of rotatable bonds is 0. The Balaban J connectivity index is 2.71. The van der Waals surface area contributed by atoms with Crippen molar-refractivity contribution in [2.75, 3.05) is 0 Å². The lowest BCUT2D eigenvalue weighted by molar-refractivity contribution is 1.00. The maximum absolute atomic E-state index is 5.31. The molecule has 1 aliphatic carbocycles. The number of nitrogens with two attached hydrogens (primary N) is 1. The molecular weight excluding hydrogens is 74.1 g/mol. The van der Waals surface area contributed by atoms with Gasteiger partial charge in [0.05, 0.1) is 5.70 Å². The zero-order valence-electron chi connectivity index (χ0n) is 3.57. The van der Waals surface area contributed by atoms with Gasteiger partial charge >= 0.3 is 0 Å². The van der Waals surface area contributed by atoms with E-state index >= 15 is 0 Å². The highest BCUT2D eigenvalue weighted by molar-refractivity contribution is 5.04.